The smallest absolute Gasteiger partial charge is 0.339 e. The molecule has 0 saturated carbocycles. The summed E-state index contributed by atoms with van der Waals surface area (Å²) in [6, 6.07) is 11.1. The van der Waals surface area contributed by atoms with E-state index in [1.807, 2.05) is 0 Å². The first kappa shape index (κ1) is 19.6. The Morgan fingerprint density at radius 3 is 1.41 bits per heavy atom. The first-order valence-corrected chi connectivity index (χ1v) is 7.52. The SMILES string of the molecule is O=C(COCC(=O)Oc1ccccc1C(=O)O)Oc1ccccc1C(=O)O. The predicted molar refractivity (Wildman–Crippen MR) is 88.9 cm³/mol. The van der Waals surface area contributed by atoms with E-state index in [4.69, 9.17) is 24.4 Å². The fourth-order valence-electron chi connectivity index (χ4n) is 1.99. The van der Waals surface area contributed by atoms with Gasteiger partial charge in [-0.1, -0.05) is 24.3 Å². The van der Waals surface area contributed by atoms with Crippen LogP contribution in [0.5, 0.6) is 11.5 Å². The van der Waals surface area contributed by atoms with Crippen molar-refractivity contribution in [3.63, 3.8) is 0 Å². The molecule has 0 aliphatic carbocycles. The summed E-state index contributed by atoms with van der Waals surface area (Å²) in [6.45, 7) is -1.27. The van der Waals surface area contributed by atoms with Crippen molar-refractivity contribution >= 4 is 23.9 Å². The lowest BCUT2D eigenvalue weighted by molar-refractivity contribution is -0.145. The van der Waals surface area contributed by atoms with Crippen LogP contribution in [0.1, 0.15) is 20.7 Å². The van der Waals surface area contributed by atoms with Gasteiger partial charge in [0.15, 0.2) is 0 Å². The Labute approximate surface area is 152 Å². The molecule has 0 atom stereocenters. The first-order chi connectivity index (χ1) is 12.9. The number of benzene rings is 2. The standard InChI is InChI=1S/C18H14O9/c19-15(26-13-7-3-1-5-11(13)17(21)22)9-25-10-16(20)27-14-8-4-2-6-12(14)18(23)24/h1-8H,9-10H2,(H,21,22)(H,23,24). The lowest BCUT2D eigenvalue weighted by atomic mass is 10.2. The minimum atomic E-state index is -1.26. The van der Waals surface area contributed by atoms with E-state index < -0.39 is 37.1 Å². The summed E-state index contributed by atoms with van der Waals surface area (Å²) in [7, 11) is 0. The van der Waals surface area contributed by atoms with Gasteiger partial charge in [-0.05, 0) is 24.3 Å². The van der Waals surface area contributed by atoms with E-state index in [2.05, 4.69) is 0 Å². The summed E-state index contributed by atoms with van der Waals surface area (Å²) in [5.41, 5.74) is -0.397. The van der Waals surface area contributed by atoms with Gasteiger partial charge in [0.1, 0.15) is 35.8 Å². The van der Waals surface area contributed by atoms with Crippen molar-refractivity contribution in [2.24, 2.45) is 0 Å². The van der Waals surface area contributed by atoms with Crippen LogP contribution in [-0.4, -0.2) is 47.3 Å². The van der Waals surface area contributed by atoms with E-state index in [1.54, 1.807) is 0 Å². The summed E-state index contributed by atoms with van der Waals surface area (Å²) in [5, 5.41) is 18.0. The van der Waals surface area contributed by atoms with Gasteiger partial charge in [-0.25, -0.2) is 19.2 Å². The number of ether oxygens (including phenoxy) is 3. The third-order valence-electron chi connectivity index (χ3n) is 3.12. The molecule has 0 radical (unpaired) electrons. The molecule has 0 saturated heterocycles. The van der Waals surface area contributed by atoms with Crippen molar-refractivity contribution in [2.45, 2.75) is 0 Å². The Morgan fingerprint density at radius 1 is 0.667 bits per heavy atom. The van der Waals surface area contributed by atoms with Crippen LogP contribution in [0, 0.1) is 0 Å². The maximum Gasteiger partial charge on any atom is 0.339 e. The molecule has 9 heteroatoms. The molecule has 0 aromatic heterocycles. The molecule has 0 bridgehead atoms. The van der Waals surface area contributed by atoms with Crippen molar-refractivity contribution in [3.8, 4) is 11.5 Å². The highest BCUT2D eigenvalue weighted by atomic mass is 16.6. The molecule has 140 valence electrons. The molecule has 9 nitrogen and oxygen atoms in total. The highest BCUT2D eigenvalue weighted by Crippen LogP contribution is 2.19. The Morgan fingerprint density at radius 2 is 1.04 bits per heavy atom. The van der Waals surface area contributed by atoms with Gasteiger partial charge in [-0.2, -0.15) is 0 Å². The molecule has 0 spiro atoms. The number of esters is 2. The maximum atomic E-state index is 11.7. The molecule has 2 aromatic carbocycles. The molecule has 0 fully saturated rings. The largest absolute Gasteiger partial charge is 0.478 e. The normalized spacial score (nSPS) is 10.1. The topological polar surface area (TPSA) is 136 Å². The fourth-order valence-corrected chi connectivity index (χ4v) is 1.99. The number of carboxylic acids is 2. The number of rotatable bonds is 8. The zero-order valence-electron chi connectivity index (χ0n) is 13.8. The van der Waals surface area contributed by atoms with Crippen LogP contribution in [0.2, 0.25) is 0 Å². The van der Waals surface area contributed by atoms with Gasteiger partial charge in [0.05, 0.1) is 0 Å². The van der Waals surface area contributed by atoms with E-state index in [0.29, 0.717) is 0 Å². The van der Waals surface area contributed by atoms with Crippen molar-refractivity contribution in [1.82, 2.24) is 0 Å². The molecule has 0 aliphatic rings. The van der Waals surface area contributed by atoms with Gasteiger partial charge in [-0.15, -0.1) is 0 Å². The number of carbonyl (C=O) groups excluding carboxylic acids is 2. The molecule has 0 heterocycles. The van der Waals surface area contributed by atoms with Crippen LogP contribution >= 0.6 is 0 Å². The van der Waals surface area contributed by atoms with Crippen LogP contribution in [-0.2, 0) is 14.3 Å². The quantitative estimate of drug-likeness (QED) is 0.521. The fraction of sp³-hybridized carbons (Fsp3) is 0.111. The second-order valence-electron chi connectivity index (χ2n) is 5.04. The average Bonchev–Trinajstić information content (AvgIpc) is 2.62. The van der Waals surface area contributed by atoms with Gasteiger partial charge in [0, 0.05) is 0 Å². The lowest BCUT2D eigenvalue weighted by Crippen LogP contribution is -2.22. The van der Waals surface area contributed by atoms with Gasteiger partial charge in [0.25, 0.3) is 0 Å². The van der Waals surface area contributed by atoms with Gasteiger partial charge >= 0.3 is 23.9 Å². The highest BCUT2D eigenvalue weighted by Gasteiger charge is 2.16. The Kier molecular flexibility index (Phi) is 6.61. The molecule has 0 aliphatic heterocycles. The summed E-state index contributed by atoms with van der Waals surface area (Å²) in [5.74, 6) is -4.67. The zero-order valence-corrected chi connectivity index (χ0v) is 13.8. The maximum absolute atomic E-state index is 11.7. The van der Waals surface area contributed by atoms with Crippen molar-refractivity contribution in [1.29, 1.82) is 0 Å². The van der Waals surface area contributed by atoms with Crippen molar-refractivity contribution < 1.29 is 43.6 Å². The summed E-state index contributed by atoms with van der Waals surface area (Å²) in [4.78, 5) is 45.5. The molecule has 2 rings (SSSR count). The molecular weight excluding hydrogens is 360 g/mol. The van der Waals surface area contributed by atoms with Crippen LogP contribution in [0.15, 0.2) is 48.5 Å². The van der Waals surface area contributed by atoms with Crippen LogP contribution < -0.4 is 9.47 Å². The summed E-state index contributed by atoms with van der Waals surface area (Å²) >= 11 is 0. The Hall–Kier alpha value is -3.72. The second kappa shape index (κ2) is 9.11. The summed E-state index contributed by atoms with van der Waals surface area (Å²) < 4.78 is 14.6. The van der Waals surface area contributed by atoms with E-state index in [9.17, 15) is 19.2 Å². The number of para-hydroxylation sites is 2. The zero-order chi connectivity index (χ0) is 19.8. The summed E-state index contributed by atoms with van der Waals surface area (Å²) in [6.07, 6.45) is 0. The van der Waals surface area contributed by atoms with E-state index >= 15 is 0 Å². The number of carboxylic acid groups (broad SMARTS) is 2. The Bertz CT molecular complexity index is 801. The Balaban J connectivity index is 1.84. The molecule has 0 unspecified atom stereocenters. The first-order valence-electron chi connectivity index (χ1n) is 7.52. The third-order valence-corrected chi connectivity index (χ3v) is 3.12. The van der Waals surface area contributed by atoms with Crippen LogP contribution in [0.3, 0.4) is 0 Å². The lowest BCUT2D eigenvalue weighted by Gasteiger charge is -2.09. The van der Waals surface area contributed by atoms with Crippen molar-refractivity contribution in [2.75, 3.05) is 13.2 Å². The number of hydrogen-bond donors (Lipinski definition) is 2. The molecule has 0 amide bonds. The minimum Gasteiger partial charge on any atom is -0.478 e. The number of aromatic carboxylic acids is 2. The molecule has 27 heavy (non-hydrogen) atoms. The number of carbonyl (C=O) groups is 4. The van der Waals surface area contributed by atoms with E-state index in [0.717, 1.165) is 0 Å². The van der Waals surface area contributed by atoms with Crippen molar-refractivity contribution in [3.05, 3.63) is 59.7 Å². The number of hydrogen-bond acceptors (Lipinski definition) is 7. The molecule has 2 N–H and O–H groups in total. The average molecular weight is 374 g/mol. The van der Waals surface area contributed by atoms with E-state index in [1.165, 1.54) is 48.5 Å². The van der Waals surface area contributed by atoms with Crippen LogP contribution in [0.4, 0.5) is 0 Å². The predicted octanol–water partition coefficient (Wildman–Crippen LogP) is 1.61. The molecule has 2 aromatic rings. The van der Waals surface area contributed by atoms with Gasteiger partial charge < -0.3 is 24.4 Å². The highest BCUT2D eigenvalue weighted by molar-refractivity contribution is 5.92. The second-order valence-corrected chi connectivity index (χ2v) is 5.04. The third kappa shape index (κ3) is 5.65. The van der Waals surface area contributed by atoms with Crippen LogP contribution in [0.25, 0.3) is 0 Å². The molecular formula is C18H14O9. The van der Waals surface area contributed by atoms with E-state index in [-0.39, 0.29) is 22.6 Å². The van der Waals surface area contributed by atoms with Gasteiger partial charge in [-0.3, -0.25) is 0 Å². The van der Waals surface area contributed by atoms with Gasteiger partial charge in [0.2, 0.25) is 0 Å². The minimum absolute atomic E-state index is 0.156. The monoisotopic (exact) mass is 374 g/mol.